The number of methoxy groups -OCH3 is 4. The molecule has 4 aromatic rings. The first-order chi connectivity index (χ1) is 26.4. The molecule has 0 aliphatic carbocycles. The molecule has 1 amide bonds. The van der Waals surface area contributed by atoms with E-state index in [-0.39, 0.29) is 30.7 Å². The number of amides is 1. The van der Waals surface area contributed by atoms with Crippen molar-refractivity contribution in [2.75, 3.05) is 46.5 Å². The number of nitrogens with zero attached hydrogens (tertiary/aromatic N) is 2. The number of hydrogen-bond donors (Lipinski definition) is 1. The van der Waals surface area contributed by atoms with Crippen LogP contribution in [-0.4, -0.2) is 58.2 Å². The summed E-state index contributed by atoms with van der Waals surface area (Å²) in [5.41, 5.74) is 4.12. The summed E-state index contributed by atoms with van der Waals surface area (Å²) in [5.74, 6) is 5.21. The Morgan fingerprint density at radius 1 is 0.589 bits per heavy atom. The molecule has 0 aliphatic rings. The van der Waals surface area contributed by atoms with E-state index in [0.29, 0.717) is 31.6 Å². The van der Waals surface area contributed by atoms with Crippen LogP contribution in [0.3, 0.4) is 0 Å². The molecular formula is C43H53Cl2N3O6S2. The smallest absolute Gasteiger partial charge is 0.220 e. The van der Waals surface area contributed by atoms with Gasteiger partial charge in [-0.1, -0.05) is 45.9 Å². The number of rotatable bonds is 24. The average Bonchev–Trinajstić information content (AvgIpc) is 3.21. The number of ether oxygens (including phenoxy) is 4. The molecule has 0 unspecified atom stereocenters. The number of carbonyl (C=O) groups is 2. The molecule has 9 nitrogen and oxygen atoms in total. The topological polar surface area (TPSA) is 90.9 Å². The third-order valence-corrected chi connectivity index (χ3v) is 11.1. The van der Waals surface area contributed by atoms with Gasteiger partial charge >= 0.3 is 0 Å². The summed E-state index contributed by atoms with van der Waals surface area (Å²) >= 11 is 0. The first kappa shape index (κ1) is 48.0. The lowest BCUT2D eigenvalue weighted by atomic mass is 10.1. The second-order valence-corrected chi connectivity index (χ2v) is 15.2. The lowest BCUT2D eigenvalue weighted by Crippen LogP contribution is -3.00. The van der Waals surface area contributed by atoms with E-state index < -0.39 is 0 Å². The van der Waals surface area contributed by atoms with Crippen molar-refractivity contribution in [3.63, 3.8) is 0 Å². The van der Waals surface area contributed by atoms with E-state index >= 15 is 0 Å². The van der Waals surface area contributed by atoms with E-state index in [0.717, 1.165) is 89.1 Å². The number of ketones is 1. The Bertz CT molecular complexity index is 1690. The van der Waals surface area contributed by atoms with Gasteiger partial charge in [-0.2, -0.15) is 0 Å². The van der Waals surface area contributed by atoms with Gasteiger partial charge in [0.25, 0.3) is 0 Å². The summed E-state index contributed by atoms with van der Waals surface area (Å²) in [4.78, 5) is 24.7. The molecule has 13 heteroatoms. The fourth-order valence-electron chi connectivity index (χ4n) is 5.51. The highest BCUT2D eigenvalue weighted by atomic mass is 35.5. The minimum atomic E-state index is 0. The SMILES string of the molecule is COc1ccc(/C=C/c2cc[n+](CCCC(=O)CCCSSCCNC(=O)CCC[n+]3ccc(/C=C/c4ccc(OC)cc4OC)cc3)cc2)c(OC)c1.[Cl-].[Cl-]. The molecule has 0 bridgehead atoms. The number of aryl methyl sites for hydroxylation is 2. The van der Waals surface area contributed by atoms with Crippen molar-refractivity contribution >= 4 is 57.6 Å². The highest BCUT2D eigenvalue weighted by Crippen LogP contribution is 2.27. The van der Waals surface area contributed by atoms with Crippen LogP contribution in [0.4, 0.5) is 0 Å². The van der Waals surface area contributed by atoms with Crippen molar-refractivity contribution < 1.29 is 62.5 Å². The van der Waals surface area contributed by atoms with Gasteiger partial charge in [-0.25, -0.2) is 9.13 Å². The molecule has 1 N–H and O–H groups in total. The Balaban J connectivity index is 0.00000541. The maximum Gasteiger partial charge on any atom is 0.220 e. The van der Waals surface area contributed by atoms with E-state index in [1.807, 2.05) is 79.4 Å². The Hall–Kier alpha value is -4.16. The van der Waals surface area contributed by atoms with Gasteiger partial charge in [-0.15, -0.1) is 0 Å². The molecular weight excluding hydrogens is 790 g/mol. The van der Waals surface area contributed by atoms with Crippen LogP contribution in [0.2, 0.25) is 0 Å². The normalized spacial score (nSPS) is 10.8. The summed E-state index contributed by atoms with van der Waals surface area (Å²) < 4.78 is 25.7. The minimum Gasteiger partial charge on any atom is -1.00 e. The van der Waals surface area contributed by atoms with Crippen molar-refractivity contribution in [2.45, 2.75) is 51.6 Å². The van der Waals surface area contributed by atoms with Gasteiger partial charge in [-0.05, 0) is 41.8 Å². The molecule has 0 saturated heterocycles. The number of Topliss-reactive ketones (excluding diaryl/α,β-unsaturated/α-hetero) is 1. The Labute approximate surface area is 352 Å². The van der Waals surface area contributed by atoms with Crippen LogP contribution in [0.15, 0.2) is 85.5 Å². The maximum atomic E-state index is 12.4. The van der Waals surface area contributed by atoms with Crippen molar-refractivity contribution in [2.24, 2.45) is 0 Å². The molecule has 0 spiro atoms. The summed E-state index contributed by atoms with van der Waals surface area (Å²) in [7, 11) is 10.1. The Morgan fingerprint density at radius 3 is 1.54 bits per heavy atom. The average molecular weight is 843 g/mol. The number of nitrogens with one attached hydrogen (secondary N) is 1. The van der Waals surface area contributed by atoms with Crippen LogP contribution < -0.4 is 58.2 Å². The molecule has 0 saturated carbocycles. The maximum absolute atomic E-state index is 12.4. The van der Waals surface area contributed by atoms with E-state index in [1.54, 1.807) is 50.0 Å². The molecule has 2 aromatic carbocycles. The molecule has 2 aromatic heterocycles. The second kappa shape index (κ2) is 27.4. The van der Waals surface area contributed by atoms with Crippen LogP contribution in [0.5, 0.6) is 23.0 Å². The van der Waals surface area contributed by atoms with Crippen LogP contribution in [-0.2, 0) is 22.7 Å². The zero-order valence-electron chi connectivity index (χ0n) is 32.6. The van der Waals surface area contributed by atoms with Crippen LogP contribution in [0.25, 0.3) is 24.3 Å². The first-order valence-corrected chi connectivity index (χ1v) is 20.7. The minimum absolute atomic E-state index is 0. The highest BCUT2D eigenvalue weighted by Gasteiger charge is 2.08. The van der Waals surface area contributed by atoms with Crippen LogP contribution >= 0.6 is 21.6 Å². The monoisotopic (exact) mass is 841 g/mol. The molecule has 0 aliphatic heterocycles. The zero-order valence-corrected chi connectivity index (χ0v) is 35.7. The van der Waals surface area contributed by atoms with Gasteiger partial charge < -0.3 is 49.1 Å². The van der Waals surface area contributed by atoms with Crippen molar-refractivity contribution in [3.05, 3.63) is 108 Å². The molecule has 56 heavy (non-hydrogen) atoms. The predicted octanol–water partition coefficient (Wildman–Crippen LogP) is 1.75. The molecule has 0 radical (unpaired) electrons. The number of carbonyl (C=O) groups excluding carboxylic acids is 2. The molecule has 302 valence electrons. The largest absolute Gasteiger partial charge is 1.00 e. The van der Waals surface area contributed by atoms with Crippen molar-refractivity contribution in [3.8, 4) is 23.0 Å². The quantitative estimate of drug-likeness (QED) is 0.0650. The second-order valence-electron chi connectivity index (χ2n) is 12.5. The third kappa shape index (κ3) is 17.3. The Morgan fingerprint density at radius 2 is 1.05 bits per heavy atom. The lowest BCUT2D eigenvalue weighted by molar-refractivity contribution is -0.697. The van der Waals surface area contributed by atoms with Gasteiger partial charge in [0.15, 0.2) is 24.8 Å². The van der Waals surface area contributed by atoms with Gasteiger partial charge in [-0.3, -0.25) is 9.59 Å². The summed E-state index contributed by atoms with van der Waals surface area (Å²) in [6.07, 6.45) is 20.5. The zero-order chi connectivity index (χ0) is 38.4. The van der Waals surface area contributed by atoms with Crippen LogP contribution in [0, 0.1) is 0 Å². The van der Waals surface area contributed by atoms with Gasteiger partial charge in [0.2, 0.25) is 5.91 Å². The molecule has 0 atom stereocenters. The summed E-state index contributed by atoms with van der Waals surface area (Å²) in [5, 5.41) is 3.02. The lowest BCUT2D eigenvalue weighted by Gasteiger charge is -2.07. The van der Waals surface area contributed by atoms with E-state index in [4.69, 9.17) is 18.9 Å². The van der Waals surface area contributed by atoms with Gasteiger partial charge in [0.05, 0.1) is 28.4 Å². The predicted molar refractivity (Wildman–Crippen MR) is 221 cm³/mol. The van der Waals surface area contributed by atoms with E-state index in [1.165, 1.54) is 0 Å². The Kier molecular flexibility index (Phi) is 23.5. The number of aromatic nitrogens is 2. The molecule has 4 rings (SSSR count). The van der Waals surface area contributed by atoms with Crippen LogP contribution in [0.1, 0.15) is 60.8 Å². The summed E-state index contributed by atoms with van der Waals surface area (Å²) in [6, 6.07) is 19.8. The molecule has 0 fully saturated rings. The molecule has 2 heterocycles. The number of halogens is 2. The van der Waals surface area contributed by atoms with E-state index in [9.17, 15) is 9.59 Å². The highest BCUT2D eigenvalue weighted by molar-refractivity contribution is 8.76. The van der Waals surface area contributed by atoms with Gasteiger partial charge in [0, 0.05) is 97.7 Å². The number of benzene rings is 2. The van der Waals surface area contributed by atoms with Crippen molar-refractivity contribution in [1.29, 1.82) is 0 Å². The standard InChI is InChI=1S/C43H52N3O6S2.2ClH/c1-49-39-17-15-36(41(32-39)51-3)13-11-34-19-26-45(27-20-34)24-5-8-38(47)9-7-30-53-54-31-23-44-43(48)10-6-25-46-28-21-35(22-29-46)12-14-37-16-18-40(50-2)33-42(37)52-4;;/h11-22,26-29,32-33H,5-10,23-25,30-31H2,1-4H3;2*1H/q+1;;/p-1/b13-11+,14-12+;;. The third-order valence-electron chi connectivity index (χ3n) is 8.59. The number of hydrogen-bond acceptors (Lipinski definition) is 8. The van der Waals surface area contributed by atoms with E-state index in [2.05, 4.69) is 44.8 Å². The van der Waals surface area contributed by atoms with Gasteiger partial charge in [0.1, 0.15) is 41.9 Å². The summed E-state index contributed by atoms with van der Waals surface area (Å²) in [6.45, 7) is 2.24. The fourth-order valence-corrected chi connectivity index (χ4v) is 7.51. The number of pyridine rings is 2. The fraction of sp³-hybridized carbons (Fsp3) is 0.349. The first-order valence-electron chi connectivity index (χ1n) is 18.2. The van der Waals surface area contributed by atoms with Crippen molar-refractivity contribution in [1.82, 2.24) is 5.32 Å².